The zero-order chi connectivity index (χ0) is 15.0. The van der Waals surface area contributed by atoms with Crippen LogP contribution >= 0.6 is 22.7 Å². The summed E-state index contributed by atoms with van der Waals surface area (Å²) in [5.74, 6) is 0.279. The number of rotatable bonds is 2. The molecule has 3 rings (SSSR count). The maximum atomic E-state index is 12.6. The summed E-state index contributed by atoms with van der Waals surface area (Å²) in [5.41, 5.74) is 6.14. The van der Waals surface area contributed by atoms with Crippen molar-refractivity contribution in [1.29, 1.82) is 0 Å². The standard InChI is InChI=1S/C12H7F3N4S2/c13-12(14,15)8-5-21-11(18-8)10-17-7(3-9(16)19-10)6-1-2-20-4-6/h1-5H,(H2,16,17,19). The summed E-state index contributed by atoms with van der Waals surface area (Å²) in [7, 11) is 0. The lowest BCUT2D eigenvalue weighted by atomic mass is 10.2. The molecule has 21 heavy (non-hydrogen) atoms. The summed E-state index contributed by atoms with van der Waals surface area (Å²) in [6, 6.07) is 3.42. The second-order valence-electron chi connectivity index (χ2n) is 4.05. The normalized spacial score (nSPS) is 11.8. The number of thiazole rings is 1. The quantitative estimate of drug-likeness (QED) is 0.774. The average Bonchev–Trinajstić information content (AvgIpc) is 3.09. The summed E-state index contributed by atoms with van der Waals surface area (Å²) in [6.07, 6.45) is -4.48. The second kappa shape index (κ2) is 5.08. The van der Waals surface area contributed by atoms with Gasteiger partial charge in [-0.1, -0.05) is 0 Å². The molecule has 3 heterocycles. The molecule has 0 saturated heterocycles. The Hall–Kier alpha value is -2.00. The maximum absolute atomic E-state index is 12.6. The largest absolute Gasteiger partial charge is 0.434 e. The SMILES string of the molecule is Nc1cc(-c2ccsc2)nc(-c2nc(C(F)(F)F)cs2)n1. The van der Waals surface area contributed by atoms with Gasteiger partial charge in [-0.3, -0.25) is 0 Å². The zero-order valence-electron chi connectivity index (χ0n) is 10.3. The summed E-state index contributed by atoms with van der Waals surface area (Å²) in [6.45, 7) is 0. The number of nitrogen functional groups attached to an aromatic ring is 1. The Labute approximate surface area is 125 Å². The van der Waals surface area contributed by atoms with Crippen molar-refractivity contribution in [3.63, 3.8) is 0 Å². The van der Waals surface area contributed by atoms with E-state index in [1.807, 2.05) is 16.8 Å². The van der Waals surface area contributed by atoms with E-state index in [9.17, 15) is 13.2 Å². The molecule has 0 aliphatic carbocycles. The molecule has 4 nitrogen and oxygen atoms in total. The fraction of sp³-hybridized carbons (Fsp3) is 0.0833. The molecule has 0 unspecified atom stereocenters. The molecule has 0 spiro atoms. The van der Waals surface area contributed by atoms with Crippen LogP contribution in [0.25, 0.3) is 22.1 Å². The van der Waals surface area contributed by atoms with E-state index in [2.05, 4.69) is 15.0 Å². The smallest absolute Gasteiger partial charge is 0.384 e. The molecule has 0 aliphatic heterocycles. The molecule has 3 aromatic heterocycles. The van der Waals surface area contributed by atoms with Gasteiger partial charge in [0.2, 0.25) is 0 Å². The minimum atomic E-state index is -4.48. The Morgan fingerprint density at radius 2 is 1.90 bits per heavy atom. The van der Waals surface area contributed by atoms with Crippen LogP contribution in [0.4, 0.5) is 19.0 Å². The van der Waals surface area contributed by atoms with Gasteiger partial charge in [-0.25, -0.2) is 15.0 Å². The molecule has 0 amide bonds. The van der Waals surface area contributed by atoms with Crippen LogP contribution < -0.4 is 5.73 Å². The van der Waals surface area contributed by atoms with Crippen molar-refractivity contribution in [1.82, 2.24) is 15.0 Å². The number of hydrogen-bond donors (Lipinski definition) is 1. The predicted molar refractivity (Wildman–Crippen MR) is 75.9 cm³/mol. The minimum Gasteiger partial charge on any atom is -0.384 e. The summed E-state index contributed by atoms with van der Waals surface area (Å²) >= 11 is 2.32. The predicted octanol–water partition coefficient (Wildman–Crippen LogP) is 3.93. The third-order valence-corrected chi connectivity index (χ3v) is 4.07. The number of halogens is 3. The van der Waals surface area contributed by atoms with Crippen molar-refractivity contribution < 1.29 is 13.2 Å². The summed E-state index contributed by atoms with van der Waals surface area (Å²) < 4.78 is 37.7. The van der Waals surface area contributed by atoms with Crippen LogP contribution in [0.5, 0.6) is 0 Å². The second-order valence-corrected chi connectivity index (χ2v) is 5.69. The number of anilines is 1. The van der Waals surface area contributed by atoms with Gasteiger partial charge in [-0.15, -0.1) is 11.3 Å². The van der Waals surface area contributed by atoms with Gasteiger partial charge in [0.25, 0.3) is 0 Å². The van der Waals surface area contributed by atoms with E-state index in [0.717, 1.165) is 22.3 Å². The van der Waals surface area contributed by atoms with Gasteiger partial charge in [0.15, 0.2) is 16.5 Å². The molecule has 0 fully saturated rings. The third kappa shape index (κ3) is 2.88. The highest BCUT2D eigenvalue weighted by Crippen LogP contribution is 2.33. The Morgan fingerprint density at radius 1 is 1.10 bits per heavy atom. The first kappa shape index (κ1) is 14.0. The van der Waals surface area contributed by atoms with Gasteiger partial charge in [0, 0.05) is 22.4 Å². The lowest BCUT2D eigenvalue weighted by Crippen LogP contribution is -2.05. The van der Waals surface area contributed by atoms with E-state index < -0.39 is 11.9 Å². The molecule has 0 atom stereocenters. The molecular formula is C12H7F3N4S2. The average molecular weight is 328 g/mol. The van der Waals surface area contributed by atoms with Crippen LogP contribution in [-0.2, 0) is 6.18 Å². The highest BCUT2D eigenvalue weighted by Gasteiger charge is 2.34. The van der Waals surface area contributed by atoms with E-state index in [1.165, 1.54) is 11.3 Å². The number of aromatic nitrogens is 3. The fourth-order valence-electron chi connectivity index (χ4n) is 1.63. The molecule has 0 saturated carbocycles. The first-order valence-corrected chi connectivity index (χ1v) is 7.46. The number of nitrogens with zero attached hydrogens (tertiary/aromatic N) is 3. The topological polar surface area (TPSA) is 64.7 Å². The van der Waals surface area contributed by atoms with E-state index in [1.54, 1.807) is 6.07 Å². The number of nitrogens with two attached hydrogens (primary N) is 1. The number of thiophene rings is 1. The van der Waals surface area contributed by atoms with E-state index in [0.29, 0.717) is 5.69 Å². The Kier molecular flexibility index (Phi) is 3.38. The Morgan fingerprint density at radius 3 is 2.52 bits per heavy atom. The highest BCUT2D eigenvalue weighted by atomic mass is 32.1. The lowest BCUT2D eigenvalue weighted by molar-refractivity contribution is -0.140. The van der Waals surface area contributed by atoms with Crippen molar-refractivity contribution >= 4 is 28.5 Å². The monoisotopic (exact) mass is 328 g/mol. The Balaban J connectivity index is 2.05. The summed E-state index contributed by atoms with van der Waals surface area (Å²) in [5, 5.41) is 4.77. The van der Waals surface area contributed by atoms with Crippen LogP contribution in [0.3, 0.4) is 0 Å². The maximum Gasteiger partial charge on any atom is 0.434 e. The van der Waals surface area contributed by atoms with Crippen molar-refractivity contribution in [3.8, 4) is 22.1 Å². The molecular weight excluding hydrogens is 321 g/mol. The van der Waals surface area contributed by atoms with Crippen molar-refractivity contribution in [2.24, 2.45) is 0 Å². The van der Waals surface area contributed by atoms with E-state index in [4.69, 9.17) is 5.73 Å². The summed E-state index contributed by atoms with van der Waals surface area (Å²) in [4.78, 5) is 11.7. The van der Waals surface area contributed by atoms with E-state index >= 15 is 0 Å². The number of hydrogen-bond acceptors (Lipinski definition) is 6. The molecule has 0 radical (unpaired) electrons. The fourth-order valence-corrected chi connectivity index (χ4v) is 3.03. The van der Waals surface area contributed by atoms with Crippen LogP contribution in [0, 0.1) is 0 Å². The van der Waals surface area contributed by atoms with Gasteiger partial charge in [-0.05, 0) is 11.4 Å². The molecule has 3 aromatic rings. The minimum absolute atomic E-state index is 0.0890. The van der Waals surface area contributed by atoms with Crippen LogP contribution in [0.15, 0.2) is 28.3 Å². The third-order valence-electron chi connectivity index (χ3n) is 2.55. The molecule has 0 bridgehead atoms. The van der Waals surface area contributed by atoms with Gasteiger partial charge in [0.05, 0.1) is 5.69 Å². The first-order valence-electron chi connectivity index (χ1n) is 5.64. The number of alkyl halides is 3. The molecule has 108 valence electrons. The van der Waals surface area contributed by atoms with Gasteiger partial charge < -0.3 is 5.73 Å². The van der Waals surface area contributed by atoms with E-state index in [-0.39, 0.29) is 16.6 Å². The lowest BCUT2D eigenvalue weighted by Gasteiger charge is -2.03. The van der Waals surface area contributed by atoms with Crippen LogP contribution in [0.1, 0.15) is 5.69 Å². The Bertz CT molecular complexity index is 765. The highest BCUT2D eigenvalue weighted by molar-refractivity contribution is 7.13. The van der Waals surface area contributed by atoms with Crippen molar-refractivity contribution in [2.45, 2.75) is 6.18 Å². The van der Waals surface area contributed by atoms with Crippen LogP contribution in [0.2, 0.25) is 0 Å². The van der Waals surface area contributed by atoms with Crippen molar-refractivity contribution in [2.75, 3.05) is 5.73 Å². The zero-order valence-corrected chi connectivity index (χ0v) is 11.9. The van der Waals surface area contributed by atoms with Crippen LogP contribution in [-0.4, -0.2) is 15.0 Å². The van der Waals surface area contributed by atoms with Gasteiger partial charge in [0.1, 0.15) is 5.82 Å². The van der Waals surface area contributed by atoms with Gasteiger partial charge >= 0.3 is 6.18 Å². The van der Waals surface area contributed by atoms with Crippen molar-refractivity contribution in [3.05, 3.63) is 34.0 Å². The first-order chi connectivity index (χ1) is 9.93. The molecule has 2 N–H and O–H groups in total. The molecule has 0 aromatic carbocycles. The molecule has 9 heteroatoms. The molecule has 0 aliphatic rings. The van der Waals surface area contributed by atoms with Gasteiger partial charge in [-0.2, -0.15) is 24.5 Å².